The van der Waals surface area contributed by atoms with Crippen LogP contribution in [0, 0.1) is 0 Å². The van der Waals surface area contributed by atoms with Gasteiger partial charge in [-0.3, -0.25) is 0 Å². The molecule has 2 N–H and O–H groups in total. The lowest BCUT2D eigenvalue weighted by molar-refractivity contribution is 0.171. The van der Waals surface area contributed by atoms with Gasteiger partial charge in [-0.25, -0.2) is 18.5 Å². The van der Waals surface area contributed by atoms with Crippen molar-refractivity contribution in [2.75, 3.05) is 13.2 Å². The van der Waals surface area contributed by atoms with Crippen molar-refractivity contribution in [3.63, 3.8) is 0 Å². The van der Waals surface area contributed by atoms with Crippen LogP contribution >= 0.6 is 23.4 Å². The summed E-state index contributed by atoms with van der Waals surface area (Å²) in [5.74, 6) is 1.86. The number of aromatic nitrogens is 2. The first kappa shape index (κ1) is 19.4. The number of fused-ring (bicyclic) bond motifs is 2. The number of imidazole rings is 1. The van der Waals surface area contributed by atoms with E-state index in [1.165, 1.54) is 23.9 Å². The highest BCUT2D eigenvalue weighted by Crippen LogP contribution is 2.39. The second kappa shape index (κ2) is 7.47. The summed E-state index contributed by atoms with van der Waals surface area (Å²) in [7, 11) is -3.77. The lowest BCUT2D eigenvalue weighted by atomic mass is 10.2. The average molecular weight is 440 g/mol. The first-order chi connectivity index (χ1) is 13.4. The molecule has 0 fully saturated rings. The molecule has 28 heavy (non-hydrogen) atoms. The van der Waals surface area contributed by atoms with Crippen molar-refractivity contribution in [3.8, 4) is 11.5 Å². The summed E-state index contributed by atoms with van der Waals surface area (Å²) in [6.45, 7) is 3.70. The first-order valence-corrected chi connectivity index (χ1v) is 11.5. The fourth-order valence-electron chi connectivity index (χ4n) is 3.08. The van der Waals surface area contributed by atoms with E-state index in [1.54, 1.807) is 6.07 Å². The summed E-state index contributed by atoms with van der Waals surface area (Å²) in [4.78, 5) is 4.65. The van der Waals surface area contributed by atoms with Crippen molar-refractivity contribution < 1.29 is 17.9 Å². The number of ether oxygens (including phenoxy) is 2. The number of nitrogens with zero attached hydrogens (tertiary/aromatic N) is 2. The number of hydrogen-bond donors (Lipinski definition) is 1. The van der Waals surface area contributed by atoms with E-state index in [1.807, 2.05) is 23.6 Å². The minimum absolute atomic E-state index is 0.0518. The second-order valence-corrected chi connectivity index (χ2v) is 9.14. The van der Waals surface area contributed by atoms with Gasteiger partial charge in [0.1, 0.15) is 13.2 Å². The lowest BCUT2D eigenvalue weighted by Crippen LogP contribution is -2.15. The predicted molar refractivity (Wildman–Crippen MR) is 109 cm³/mol. The van der Waals surface area contributed by atoms with E-state index < -0.39 is 10.0 Å². The number of rotatable bonds is 5. The van der Waals surface area contributed by atoms with Gasteiger partial charge in [-0.1, -0.05) is 23.4 Å². The van der Waals surface area contributed by atoms with Crippen LogP contribution in [-0.4, -0.2) is 31.2 Å². The molecule has 1 aliphatic heterocycles. The van der Waals surface area contributed by atoms with E-state index in [2.05, 4.69) is 4.98 Å². The molecule has 148 valence electrons. The number of primary sulfonamides is 1. The van der Waals surface area contributed by atoms with Crippen LogP contribution in [0.2, 0.25) is 5.02 Å². The minimum atomic E-state index is -3.77. The van der Waals surface area contributed by atoms with Crippen molar-refractivity contribution >= 4 is 44.4 Å². The van der Waals surface area contributed by atoms with Crippen LogP contribution in [0.4, 0.5) is 0 Å². The van der Waals surface area contributed by atoms with E-state index >= 15 is 0 Å². The molecule has 3 aromatic rings. The van der Waals surface area contributed by atoms with Crippen LogP contribution < -0.4 is 14.6 Å². The highest BCUT2D eigenvalue weighted by molar-refractivity contribution is 7.98. The highest BCUT2D eigenvalue weighted by atomic mass is 35.5. The van der Waals surface area contributed by atoms with Crippen molar-refractivity contribution in [2.24, 2.45) is 5.14 Å². The molecule has 7 nitrogen and oxygen atoms in total. The Bertz CT molecular complexity index is 1160. The molecular weight excluding hydrogens is 422 g/mol. The van der Waals surface area contributed by atoms with E-state index in [0.29, 0.717) is 47.5 Å². The van der Waals surface area contributed by atoms with Gasteiger partial charge < -0.3 is 14.0 Å². The SMILES string of the molecule is CCn1c(SCc2cc(Cl)c3c(c2)OCCO3)nc2cc(S(N)(=O)=O)ccc21. The smallest absolute Gasteiger partial charge is 0.238 e. The molecule has 1 aromatic heterocycles. The Kier molecular flexibility index (Phi) is 5.17. The zero-order valence-electron chi connectivity index (χ0n) is 15.0. The number of aryl methyl sites for hydroxylation is 1. The highest BCUT2D eigenvalue weighted by Gasteiger charge is 2.18. The lowest BCUT2D eigenvalue weighted by Gasteiger charge is -2.20. The quantitative estimate of drug-likeness (QED) is 0.612. The molecule has 0 radical (unpaired) electrons. The van der Waals surface area contributed by atoms with Crippen molar-refractivity contribution in [3.05, 3.63) is 40.9 Å². The van der Waals surface area contributed by atoms with Gasteiger partial charge in [0, 0.05) is 12.3 Å². The van der Waals surface area contributed by atoms with Gasteiger partial charge in [-0.2, -0.15) is 0 Å². The third-order valence-electron chi connectivity index (χ3n) is 4.35. The predicted octanol–water partition coefficient (Wildman–Crippen LogP) is 3.42. The summed E-state index contributed by atoms with van der Waals surface area (Å²) in [6, 6.07) is 8.52. The Morgan fingerprint density at radius 1 is 1.25 bits per heavy atom. The van der Waals surface area contributed by atoms with Crippen LogP contribution in [0.3, 0.4) is 0 Å². The molecular formula is C18H18ClN3O4S2. The number of benzene rings is 2. The maximum absolute atomic E-state index is 11.6. The van der Waals surface area contributed by atoms with Gasteiger partial charge in [-0.15, -0.1) is 0 Å². The Hall–Kier alpha value is -1.94. The number of thioether (sulfide) groups is 1. The van der Waals surface area contributed by atoms with Crippen LogP contribution in [0.1, 0.15) is 12.5 Å². The Labute approximate surface area is 171 Å². The van der Waals surface area contributed by atoms with Gasteiger partial charge in [0.15, 0.2) is 16.7 Å². The standard InChI is InChI=1S/C18H18ClN3O4S2/c1-2-22-15-4-3-12(28(20,23)24)9-14(15)21-18(22)27-10-11-7-13(19)17-16(8-11)25-5-6-26-17/h3-4,7-9H,2,5-6,10H2,1H3,(H2,20,23,24). The molecule has 10 heteroatoms. The summed E-state index contributed by atoms with van der Waals surface area (Å²) < 4.78 is 36.4. The van der Waals surface area contributed by atoms with Crippen molar-refractivity contribution in [1.82, 2.24) is 9.55 Å². The fraction of sp³-hybridized carbons (Fsp3) is 0.278. The molecule has 1 aliphatic rings. The topological polar surface area (TPSA) is 96.4 Å². The molecule has 4 rings (SSSR count). The first-order valence-electron chi connectivity index (χ1n) is 8.60. The minimum Gasteiger partial charge on any atom is -0.486 e. The van der Waals surface area contributed by atoms with Gasteiger partial charge >= 0.3 is 0 Å². The number of nitrogens with two attached hydrogens (primary N) is 1. The van der Waals surface area contributed by atoms with E-state index in [9.17, 15) is 8.42 Å². The molecule has 0 saturated carbocycles. The molecule has 0 unspecified atom stereocenters. The largest absolute Gasteiger partial charge is 0.486 e. The van der Waals surface area contributed by atoms with Gasteiger partial charge in [0.05, 0.1) is 21.0 Å². The molecule has 0 atom stereocenters. The molecule has 2 heterocycles. The fourth-order valence-corrected chi connectivity index (χ4v) is 4.91. The van der Waals surface area contributed by atoms with Crippen LogP contribution in [0.5, 0.6) is 11.5 Å². The average Bonchev–Trinajstić information content (AvgIpc) is 3.02. The van der Waals surface area contributed by atoms with Gasteiger partial charge in [0.2, 0.25) is 10.0 Å². The van der Waals surface area contributed by atoms with Crippen molar-refractivity contribution in [2.45, 2.75) is 29.3 Å². The van der Waals surface area contributed by atoms with Crippen molar-refractivity contribution in [1.29, 1.82) is 0 Å². The van der Waals surface area contributed by atoms with Gasteiger partial charge in [-0.05, 0) is 42.8 Å². The molecule has 2 aromatic carbocycles. The summed E-state index contributed by atoms with van der Waals surface area (Å²) in [6.07, 6.45) is 0. The zero-order valence-corrected chi connectivity index (χ0v) is 17.4. The molecule has 0 amide bonds. The molecule has 0 spiro atoms. The van der Waals surface area contributed by atoms with Gasteiger partial charge in [0.25, 0.3) is 0 Å². The van der Waals surface area contributed by atoms with E-state index in [-0.39, 0.29) is 4.90 Å². The maximum Gasteiger partial charge on any atom is 0.238 e. The number of sulfonamides is 1. The number of hydrogen-bond acceptors (Lipinski definition) is 6. The molecule has 0 saturated heterocycles. The Morgan fingerprint density at radius 2 is 2.04 bits per heavy atom. The maximum atomic E-state index is 11.6. The zero-order chi connectivity index (χ0) is 19.9. The Morgan fingerprint density at radius 3 is 2.79 bits per heavy atom. The van der Waals surface area contributed by atoms with E-state index in [4.69, 9.17) is 26.2 Å². The normalized spacial score (nSPS) is 13.8. The second-order valence-electron chi connectivity index (χ2n) is 6.22. The third kappa shape index (κ3) is 3.67. The van der Waals surface area contributed by atoms with Crippen LogP contribution in [-0.2, 0) is 22.3 Å². The van der Waals surface area contributed by atoms with E-state index in [0.717, 1.165) is 16.2 Å². The third-order valence-corrected chi connectivity index (χ3v) is 6.59. The monoisotopic (exact) mass is 439 g/mol. The van der Waals surface area contributed by atoms with Crippen LogP contribution in [0.25, 0.3) is 11.0 Å². The Balaban J connectivity index is 1.64. The summed E-state index contributed by atoms with van der Waals surface area (Å²) in [5.41, 5.74) is 2.44. The summed E-state index contributed by atoms with van der Waals surface area (Å²) in [5, 5.41) is 6.54. The molecule has 0 bridgehead atoms. The van der Waals surface area contributed by atoms with Crippen LogP contribution in [0.15, 0.2) is 40.4 Å². The molecule has 0 aliphatic carbocycles. The number of halogens is 1. The summed E-state index contributed by atoms with van der Waals surface area (Å²) >= 11 is 7.85.